The van der Waals surface area contributed by atoms with E-state index in [1.165, 1.54) is 12.3 Å². The van der Waals surface area contributed by atoms with Crippen LogP contribution in [-0.2, 0) is 15.2 Å². The predicted octanol–water partition coefficient (Wildman–Crippen LogP) is 1.03. The van der Waals surface area contributed by atoms with Crippen LogP contribution in [0.4, 0.5) is 5.82 Å². The highest BCUT2D eigenvalue weighted by molar-refractivity contribution is 6.39. The summed E-state index contributed by atoms with van der Waals surface area (Å²) in [6.07, 6.45) is 3.08. The van der Waals surface area contributed by atoms with E-state index in [2.05, 4.69) is 20.3 Å². The summed E-state index contributed by atoms with van der Waals surface area (Å²) in [7, 11) is 0. The van der Waals surface area contributed by atoms with E-state index in [0.29, 0.717) is 0 Å². The second-order valence-corrected chi connectivity index (χ2v) is 5.59. The zero-order chi connectivity index (χ0) is 16.3. The molecule has 7 nitrogen and oxygen atoms in total. The average molecular weight is 315 g/mol. The number of nitrogens with one attached hydrogen (secondary N) is 2. The van der Waals surface area contributed by atoms with Gasteiger partial charge < -0.3 is 14.9 Å². The first kappa shape index (κ1) is 15.2. The first-order valence-corrected chi connectivity index (χ1v) is 7.37. The maximum absolute atomic E-state index is 11.9. The van der Waals surface area contributed by atoms with E-state index < -0.39 is 17.4 Å². The van der Waals surface area contributed by atoms with E-state index in [-0.39, 0.29) is 18.3 Å². The average Bonchev–Trinajstić information content (AvgIpc) is 3.32. The van der Waals surface area contributed by atoms with Crippen molar-refractivity contribution in [2.45, 2.75) is 18.4 Å². The molecule has 1 atom stereocenters. The molecule has 23 heavy (non-hydrogen) atoms. The van der Waals surface area contributed by atoms with Crippen LogP contribution in [0.15, 0.2) is 47.2 Å². The van der Waals surface area contributed by atoms with Crippen molar-refractivity contribution < 1.29 is 19.2 Å². The second-order valence-electron chi connectivity index (χ2n) is 5.59. The lowest BCUT2D eigenvalue weighted by Gasteiger charge is -2.29. The summed E-state index contributed by atoms with van der Waals surface area (Å²) in [5, 5.41) is 19.2. The van der Waals surface area contributed by atoms with Gasteiger partial charge in [0.2, 0.25) is 0 Å². The molecule has 7 heteroatoms. The van der Waals surface area contributed by atoms with Crippen molar-refractivity contribution in [1.29, 1.82) is 0 Å². The molecule has 0 aliphatic heterocycles. The Morgan fingerprint density at radius 1 is 1.22 bits per heavy atom. The lowest BCUT2D eigenvalue weighted by Crippen LogP contribution is -2.45. The van der Waals surface area contributed by atoms with Gasteiger partial charge in [-0.1, -0.05) is 35.5 Å². The van der Waals surface area contributed by atoms with Gasteiger partial charge in [0.1, 0.15) is 11.9 Å². The number of carbonyl (C=O) groups excluding carboxylic acids is 2. The first-order chi connectivity index (χ1) is 11.1. The summed E-state index contributed by atoms with van der Waals surface area (Å²) in [6.45, 7) is -0.0211. The summed E-state index contributed by atoms with van der Waals surface area (Å²) in [5.74, 6) is -1.44. The van der Waals surface area contributed by atoms with Gasteiger partial charge in [-0.3, -0.25) is 14.9 Å². The van der Waals surface area contributed by atoms with E-state index in [9.17, 15) is 14.7 Å². The molecule has 1 aliphatic carbocycles. The largest absolute Gasteiger partial charge is 0.383 e. The van der Waals surface area contributed by atoms with Crippen LogP contribution in [0, 0.1) is 5.92 Å². The molecule has 1 aliphatic rings. The lowest BCUT2D eigenvalue weighted by molar-refractivity contribution is -0.137. The molecule has 2 aromatic rings. The van der Waals surface area contributed by atoms with Crippen LogP contribution in [0.25, 0.3) is 0 Å². The van der Waals surface area contributed by atoms with Gasteiger partial charge in [0, 0.05) is 6.07 Å². The summed E-state index contributed by atoms with van der Waals surface area (Å²) >= 11 is 0. The Morgan fingerprint density at radius 2 is 1.96 bits per heavy atom. The molecule has 1 heterocycles. The Bertz CT molecular complexity index is 683. The fourth-order valence-electron chi connectivity index (χ4n) is 2.52. The Morgan fingerprint density at radius 3 is 2.57 bits per heavy atom. The monoisotopic (exact) mass is 315 g/mol. The summed E-state index contributed by atoms with van der Waals surface area (Å²) in [6, 6.07) is 10.6. The molecule has 3 N–H and O–H groups in total. The minimum Gasteiger partial charge on any atom is -0.383 e. The zero-order valence-corrected chi connectivity index (χ0v) is 12.4. The van der Waals surface area contributed by atoms with E-state index in [1.54, 1.807) is 0 Å². The molecule has 0 bridgehead atoms. The summed E-state index contributed by atoms with van der Waals surface area (Å²) in [5.41, 5.74) is -0.426. The molecule has 120 valence electrons. The van der Waals surface area contributed by atoms with Crippen molar-refractivity contribution >= 4 is 17.6 Å². The number of aliphatic hydroxyl groups is 1. The molecular weight excluding hydrogens is 298 g/mol. The number of benzene rings is 1. The standard InChI is InChI=1S/C16H17N3O4/c20-14(15(21)18-13-8-9-23-19-13)17-10-16(22,12-6-7-12)11-4-2-1-3-5-11/h1-5,8-9,12,22H,6-7,10H2,(H,17,20)(H,18,19,21). The molecule has 1 fully saturated rings. The predicted molar refractivity (Wildman–Crippen MR) is 81.2 cm³/mol. The van der Waals surface area contributed by atoms with E-state index >= 15 is 0 Å². The second kappa shape index (κ2) is 6.21. The van der Waals surface area contributed by atoms with Gasteiger partial charge in [-0.2, -0.15) is 0 Å². The van der Waals surface area contributed by atoms with Crippen LogP contribution >= 0.6 is 0 Å². The molecular formula is C16H17N3O4. The quantitative estimate of drug-likeness (QED) is 0.715. The zero-order valence-electron chi connectivity index (χ0n) is 12.4. The van der Waals surface area contributed by atoms with Crippen molar-refractivity contribution in [2.24, 2.45) is 5.92 Å². The van der Waals surface area contributed by atoms with Crippen molar-refractivity contribution in [3.8, 4) is 0 Å². The summed E-state index contributed by atoms with van der Waals surface area (Å²) < 4.78 is 4.57. The minimum atomic E-state index is -1.16. The normalized spacial score (nSPS) is 16.4. The van der Waals surface area contributed by atoms with Gasteiger partial charge >= 0.3 is 11.8 Å². The smallest absolute Gasteiger partial charge is 0.314 e. The van der Waals surface area contributed by atoms with Crippen LogP contribution in [0.5, 0.6) is 0 Å². The number of amides is 2. The van der Waals surface area contributed by atoms with E-state index in [0.717, 1.165) is 18.4 Å². The SMILES string of the molecule is O=C(NCC(O)(c1ccccc1)C1CC1)C(=O)Nc1ccon1. The van der Waals surface area contributed by atoms with Gasteiger partial charge in [0.15, 0.2) is 5.82 Å². The highest BCUT2D eigenvalue weighted by Gasteiger charge is 2.45. The van der Waals surface area contributed by atoms with Gasteiger partial charge in [0.25, 0.3) is 0 Å². The Labute approximate surface area is 132 Å². The Kier molecular flexibility index (Phi) is 4.12. The molecule has 1 aromatic heterocycles. The fraction of sp³-hybridized carbons (Fsp3) is 0.312. The van der Waals surface area contributed by atoms with Crippen molar-refractivity contribution in [2.75, 3.05) is 11.9 Å². The highest BCUT2D eigenvalue weighted by atomic mass is 16.5. The molecule has 1 saturated carbocycles. The van der Waals surface area contributed by atoms with Crippen LogP contribution < -0.4 is 10.6 Å². The lowest BCUT2D eigenvalue weighted by atomic mass is 9.88. The fourth-order valence-corrected chi connectivity index (χ4v) is 2.52. The highest BCUT2D eigenvalue weighted by Crippen LogP contribution is 2.45. The minimum absolute atomic E-state index is 0.0211. The molecule has 0 radical (unpaired) electrons. The molecule has 0 spiro atoms. The molecule has 3 rings (SSSR count). The van der Waals surface area contributed by atoms with Gasteiger partial charge in [-0.05, 0) is 24.3 Å². The summed E-state index contributed by atoms with van der Waals surface area (Å²) in [4.78, 5) is 23.7. The van der Waals surface area contributed by atoms with Crippen molar-refractivity contribution in [3.63, 3.8) is 0 Å². The van der Waals surface area contributed by atoms with E-state index in [1.807, 2.05) is 30.3 Å². The number of aromatic nitrogens is 1. The molecule has 1 aromatic carbocycles. The first-order valence-electron chi connectivity index (χ1n) is 7.37. The van der Waals surface area contributed by atoms with Gasteiger partial charge in [0.05, 0.1) is 6.54 Å². The van der Waals surface area contributed by atoms with Gasteiger partial charge in [-0.15, -0.1) is 0 Å². The van der Waals surface area contributed by atoms with Crippen LogP contribution in [0.1, 0.15) is 18.4 Å². The third-order valence-electron chi connectivity index (χ3n) is 3.93. The number of anilines is 1. The number of nitrogens with zero attached hydrogens (tertiary/aromatic N) is 1. The maximum Gasteiger partial charge on any atom is 0.314 e. The third-order valence-corrected chi connectivity index (χ3v) is 3.93. The van der Waals surface area contributed by atoms with E-state index in [4.69, 9.17) is 0 Å². The Balaban J connectivity index is 1.63. The number of carbonyl (C=O) groups is 2. The van der Waals surface area contributed by atoms with Crippen LogP contribution in [0.2, 0.25) is 0 Å². The van der Waals surface area contributed by atoms with Crippen molar-refractivity contribution in [3.05, 3.63) is 48.2 Å². The molecule has 2 amide bonds. The number of rotatable bonds is 5. The van der Waals surface area contributed by atoms with Gasteiger partial charge in [-0.25, -0.2) is 0 Å². The molecule has 1 unspecified atom stereocenters. The van der Waals surface area contributed by atoms with Crippen LogP contribution in [0.3, 0.4) is 0 Å². The number of hydrogen-bond acceptors (Lipinski definition) is 5. The molecule has 0 saturated heterocycles. The Hall–Kier alpha value is -2.67. The topological polar surface area (TPSA) is 104 Å². The third kappa shape index (κ3) is 3.40. The van der Waals surface area contributed by atoms with Crippen molar-refractivity contribution in [1.82, 2.24) is 10.5 Å². The number of hydrogen-bond donors (Lipinski definition) is 3. The van der Waals surface area contributed by atoms with Crippen LogP contribution in [-0.4, -0.2) is 28.6 Å². The maximum atomic E-state index is 11.9.